The van der Waals surface area contributed by atoms with Crippen molar-refractivity contribution in [2.24, 2.45) is 5.92 Å². The average Bonchev–Trinajstić information content (AvgIpc) is 2.63. The first kappa shape index (κ1) is 17.6. The Morgan fingerprint density at radius 3 is 2.20 bits per heavy atom. The highest BCUT2D eigenvalue weighted by atomic mass is 32.2. The zero-order valence-corrected chi connectivity index (χ0v) is 15.0. The van der Waals surface area contributed by atoms with Gasteiger partial charge in [0.2, 0.25) is 10.0 Å². The van der Waals surface area contributed by atoms with Crippen molar-refractivity contribution in [2.45, 2.75) is 24.7 Å². The third kappa shape index (κ3) is 4.08. The van der Waals surface area contributed by atoms with E-state index in [9.17, 15) is 13.2 Å². The van der Waals surface area contributed by atoms with Crippen LogP contribution in [-0.2, 0) is 10.0 Å². The Hall–Kier alpha value is -2.18. The smallest absolute Gasteiger partial charge is 0.255 e. The second kappa shape index (κ2) is 7.37. The first-order valence-electron chi connectivity index (χ1n) is 8.43. The molecular weight excluding hydrogens is 336 g/mol. The van der Waals surface area contributed by atoms with Gasteiger partial charge in [-0.05, 0) is 55.2 Å². The van der Waals surface area contributed by atoms with Crippen molar-refractivity contribution >= 4 is 21.6 Å². The molecule has 25 heavy (non-hydrogen) atoms. The average molecular weight is 358 g/mol. The predicted octanol–water partition coefficient (Wildman–Crippen LogP) is 3.36. The highest BCUT2D eigenvalue weighted by molar-refractivity contribution is 7.89. The van der Waals surface area contributed by atoms with Gasteiger partial charge >= 0.3 is 0 Å². The van der Waals surface area contributed by atoms with Crippen LogP contribution < -0.4 is 5.32 Å². The van der Waals surface area contributed by atoms with Crippen LogP contribution in [0.15, 0.2) is 59.5 Å². The summed E-state index contributed by atoms with van der Waals surface area (Å²) >= 11 is 0. The number of carbonyl (C=O) groups excluding carboxylic acids is 1. The Morgan fingerprint density at radius 2 is 1.60 bits per heavy atom. The second-order valence-corrected chi connectivity index (χ2v) is 8.37. The predicted molar refractivity (Wildman–Crippen MR) is 98.0 cm³/mol. The fourth-order valence-electron chi connectivity index (χ4n) is 2.88. The summed E-state index contributed by atoms with van der Waals surface area (Å²) in [5.74, 6) is 0.303. The molecule has 0 bridgehead atoms. The van der Waals surface area contributed by atoms with Gasteiger partial charge in [0.05, 0.1) is 4.90 Å². The zero-order valence-electron chi connectivity index (χ0n) is 14.2. The molecule has 1 heterocycles. The molecular formula is C19H22N2O3S. The minimum absolute atomic E-state index is 0.235. The molecule has 0 radical (unpaired) electrons. The summed E-state index contributed by atoms with van der Waals surface area (Å²) in [6.07, 6.45) is 1.77. The fourth-order valence-corrected chi connectivity index (χ4v) is 4.35. The lowest BCUT2D eigenvalue weighted by molar-refractivity contribution is 0.102. The van der Waals surface area contributed by atoms with Gasteiger partial charge in [-0.2, -0.15) is 4.31 Å². The minimum Gasteiger partial charge on any atom is -0.322 e. The molecule has 2 aromatic carbocycles. The number of nitrogens with one attached hydrogen (secondary N) is 1. The van der Waals surface area contributed by atoms with Gasteiger partial charge < -0.3 is 5.32 Å². The van der Waals surface area contributed by atoms with Crippen molar-refractivity contribution in [3.8, 4) is 0 Å². The molecule has 1 amide bonds. The summed E-state index contributed by atoms with van der Waals surface area (Å²) in [7, 11) is -3.49. The monoisotopic (exact) mass is 358 g/mol. The summed E-state index contributed by atoms with van der Waals surface area (Å²) in [6, 6.07) is 15.3. The van der Waals surface area contributed by atoms with E-state index in [4.69, 9.17) is 0 Å². The van der Waals surface area contributed by atoms with Gasteiger partial charge in [0.15, 0.2) is 0 Å². The van der Waals surface area contributed by atoms with E-state index in [1.54, 1.807) is 24.3 Å². The van der Waals surface area contributed by atoms with Crippen LogP contribution >= 0.6 is 0 Å². The van der Waals surface area contributed by atoms with Crippen molar-refractivity contribution in [3.63, 3.8) is 0 Å². The van der Waals surface area contributed by atoms with Gasteiger partial charge in [-0.25, -0.2) is 8.42 Å². The van der Waals surface area contributed by atoms with Crippen LogP contribution in [0.3, 0.4) is 0 Å². The fraction of sp³-hybridized carbons (Fsp3) is 0.316. The van der Waals surface area contributed by atoms with Gasteiger partial charge in [-0.1, -0.05) is 25.1 Å². The normalized spacial score (nSPS) is 16.5. The zero-order chi connectivity index (χ0) is 17.9. The van der Waals surface area contributed by atoms with E-state index in [0.717, 1.165) is 12.8 Å². The molecule has 1 N–H and O–H groups in total. The van der Waals surface area contributed by atoms with Crippen LogP contribution in [0.1, 0.15) is 30.1 Å². The molecule has 5 nitrogen and oxygen atoms in total. The van der Waals surface area contributed by atoms with Crippen molar-refractivity contribution in [1.29, 1.82) is 0 Å². The van der Waals surface area contributed by atoms with Crippen LogP contribution in [0.4, 0.5) is 5.69 Å². The lowest BCUT2D eigenvalue weighted by Crippen LogP contribution is -2.37. The molecule has 0 aliphatic carbocycles. The number of anilines is 1. The van der Waals surface area contributed by atoms with E-state index in [-0.39, 0.29) is 10.8 Å². The number of hydrogen-bond acceptors (Lipinski definition) is 3. The van der Waals surface area contributed by atoms with E-state index in [0.29, 0.717) is 30.3 Å². The molecule has 6 heteroatoms. The molecule has 0 spiro atoms. The third-order valence-corrected chi connectivity index (χ3v) is 6.44. The Balaban J connectivity index is 1.72. The molecule has 0 atom stereocenters. The highest BCUT2D eigenvalue weighted by Crippen LogP contribution is 2.23. The number of rotatable bonds is 4. The number of hydrogen-bond donors (Lipinski definition) is 1. The number of amides is 1. The van der Waals surface area contributed by atoms with E-state index >= 15 is 0 Å². The molecule has 1 aliphatic rings. The Labute approximate surface area is 148 Å². The first-order chi connectivity index (χ1) is 12.0. The molecule has 0 aromatic heterocycles. The van der Waals surface area contributed by atoms with Crippen molar-refractivity contribution < 1.29 is 13.2 Å². The largest absolute Gasteiger partial charge is 0.322 e. The molecule has 0 saturated carbocycles. The third-order valence-electron chi connectivity index (χ3n) is 4.53. The second-order valence-electron chi connectivity index (χ2n) is 6.43. The Morgan fingerprint density at radius 1 is 1.00 bits per heavy atom. The SMILES string of the molecule is CC1CCN(S(=O)(=O)c2ccc(C(=O)Nc3ccccc3)cc2)CC1. The maximum absolute atomic E-state index is 12.7. The van der Waals surface area contributed by atoms with Crippen molar-refractivity contribution in [1.82, 2.24) is 4.31 Å². The number of benzene rings is 2. The van der Waals surface area contributed by atoms with Gasteiger partial charge in [-0.3, -0.25) is 4.79 Å². The van der Waals surface area contributed by atoms with Crippen LogP contribution in [-0.4, -0.2) is 31.7 Å². The number of para-hydroxylation sites is 1. The molecule has 0 unspecified atom stereocenters. The number of carbonyl (C=O) groups is 1. The molecule has 132 valence electrons. The summed E-state index contributed by atoms with van der Waals surface area (Å²) in [6.45, 7) is 3.25. The van der Waals surface area contributed by atoms with Crippen LogP contribution in [0.2, 0.25) is 0 Å². The number of piperidine rings is 1. The Kier molecular flexibility index (Phi) is 5.20. The van der Waals surface area contributed by atoms with E-state index in [1.165, 1.54) is 16.4 Å². The molecule has 2 aromatic rings. The van der Waals surface area contributed by atoms with E-state index in [2.05, 4.69) is 12.2 Å². The minimum atomic E-state index is -3.49. The summed E-state index contributed by atoms with van der Waals surface area (Å²) < 4.78 is 26.9. The lowest BCUT2D eigenvalue weighted by Gasteiger charge is -2.29. The quantitative estimate of drug-likeness (QED) is 0.911. The molecule has 1 fully saturated rings. The standard InChI is InChI=1S/C19H22N2O3S/c1-15-11-13-21(14-12-15)25(23,24)18-9-7-16(8-10-18)19(22)20-17-5-3-2-4-6-17/h2-10,15H,11-14H2,1H3,(H,20,22). The van der Waals surface area contributed by atoms with Crippen LogP contribution in [0, 0.1) is 5.92 Å². The highest BCUT2D eigenvalue weighted by Gasteiger charge is 2.28. The summed E-state index contributed by atoms with van der Waals surface area (Å²) in [4.78, 5) is 12.5. The van der Waals surface area contributed by atoms with Crippen LogP contribution in [0.25, 0.3) is 0 Å². The van der Waals surface area contributed by atoms with Gasteiger partial charge in [-0.15, -0.1) is 0 Å². The summed E-state index contributed by atoms with van der Waals surface area (Å²) in [5, 5.41) is 2.79. The van der Waals surface area contributed by atoms with E-state index < -0.39 is 10.0 Å². The van der Waals surface area contributed by atoms with E-state index in [1.807, 2.05) is 18.2 Å². The molecule has 3 rings (SSSR count). The van der Waals surface area contributed by atoms with Gasteiger partial charge in [0.25, 0.3) is 5.91 Å². The van der Waals surface area contributed by atoms with Crippen LogP contribution in [0.5, 0.6) is 0 Å². The molecule has 1 saturated heterocycles. The van der Waals surface area contributed by atoms with Crippen molar-refractivity contribution in [3.05, 3.63) is 60.2 Å². The topological polar surface area (TPSA) is 66.5 Å². The number of nitrogens with zero attached hydrogens (tertiary/aromatic N) is 1. The van der Waals surface area contributed by atoms with Gasteiger partial charge in [0, 0.05) is 24.3 Å². The lowest BCUT2D eigenvalue weighted by atomic mass is 10.0. The number of sulfonamides is 1. The molecule has 1 aliphatic heterocycles. The van der Waals surface area contributed by atoms with Gasteiger partial charge in [0.1, 0.15) is 0 Å². The maximum Gasteiger partial charge on any atom is 0.255 e. The van der Waals surface area contributed by atoms with Crippen molar-refractivity contribution in [2.75, 3.05) is 18.4 Å². The maximum atomic E-state index is 12.7. The Bertz CT molecular complexity index is 825. The first-order valence-corrected chi connectivity index (χ1v) is 9.87. The summed E-state index contributed by atoms with van der Waals surface area (Å²) in [5.41, 5.74) is 1.13.